The van der Waals surface area contributed by atoms with Crippen LogP contribution in [-0.4, -0.2) is 23.0 Å². The minimum atomic E-state index is -0.403. The van der Waals surface area contributed by atoms with Crippen LogP contribution in [0.25, 0.3) is 0 Å². The number of benzene rings is 1. The number of hydrogen-bond donors (Lipinski definition) is 1. The van der Waals surface area contributed by atoms with E-state index in [0.717, 1.165) is 37.2 Å². The monoisotopic (exact) mass is 274 g/mol. The van der Waals surface area contributed by atoms with Crippen molar-refractivity contribution in [1.29, 1.82) is 0 Å². The lowest BCUT2D eigenvalue weighted by molar-refractivity contribution is -0.384. The van der Waals surface area contributed by atoms with E-state index in [1.54, 1.807) is 6.07 Å². The molecule has 0 radical (unpaired) electrons. The third kappa shape index (κ3) is 3.88. The van der Waals surface area contributed by atoms with Crippen LogP contribution in [0.15, 0.2) is 34.4 Å². The maximum Gasteiger partial charge on any atom is 0.270 e. The summed E-state index contributed by atoms with van der Waals surface area (Å²) in [4.78, 5) is 14.8. The van der Waals surface area contributed by atoms with Gasteiger partial charge in [0.2, 0.25) is 0 Å². The molecule has 0 atom stereocenters. The predicted octanol–water partition coefficient (Wildman–Crippen LogP) is 2.88. The van der Waals surface area contributed by atoms with Crippen molar-refractivity contribution in [3.8, 4) is 0 Å². The van der Waals surface area contributed by atoms with Gasteiger partial charge >= 0.3 is 0 Å². The minimum absolute atomic E-state index is 0.0730. The first-order valence-electron chi connectivity index (χ1n) is 6.75. The molecule has 2 rings (SSSR count). The normalized spacial score (nSPS) is 16.2. The second kappa shape index (κ2) is 6.79. The van der Waals surface area contributed by atoms with E-state index in [9.17, 15) is 10.1 Å². The molecule has 6 heteroatoms. The molecule has 6 nitrogen and oxygen atoms in total. The zero-order valence-electron chi connectivity index (χ0n) is 11.5. The molecule has 20 heavy (non-hydrogen) atoms. The number of rotatable bonds is 3. The molecule has 0 unspecified atom stereocenters. The van der Waals surface area contributed by atoms with E-state index in [0.29, 0.717) is 5.71 Å². The van der Waals surface area contributed by atoms with E-state index in [-0.39, 0.29) is 5.69 Å². The van der Waals surface area contributed by atoms with Gasteiger partial charge in [0.15, 0.2) is 0 Å². The molecule has 1 aliphatic rings. The Morgan fingerprint density at radius 1 is 1.40 bits per heavy atom. The molecule has 0 amide bonds. The lowest BCUT2D eigenvalue weighted by atomic mass is 10.1. The molecule has 0 bridgehead atoms. The van der Waals surface area contributed by atoms with Gasteiger partial charge in [-0.25, -0.2) is 0 Å². The predicted molar refractivity (Wildman–Crippen MR) is 79.2 cm³/mol. The van der Waals surface area contributed by atoms with Crippen LogP contribution in [0.1, 0.15) is 38.2 Å². The molecule has 0 aromatic heterocycles. The zero-order chi connectivity index (χ0) is 14.4. The number of aliphatic imine (C=N–C) groups is 1. The lowest BCUT2D eigenvalue weighted by Gasteiger charge is -2.05. The van der Waals surface area contributed by atoms with Crippen molar-refractivity contribution in [3.63, 3.8) is 0 Å². The standard InChI is InChI=1S/C14H18N4O2/c1-11(12-6-5-7-13(10-12)18(19)20)16-17-14-8-3-2-4-9-15-14/h5-7,10H,2-4,8-9H2,1H3,(H,15,17)/b16-11-. The molecule has 1 aliphatic heterocycles. The van der Waals surface area contributed by atoms with E-state index in [1.165, 1.54) is 18.6 Å². The summed E-state index contributed by atoms with van der Waals surface area (Å²) in [6.07, 6.45) is 4.35. The van der Waals surface area contributed by atoms with E-state index >= 15 is 0 Å². The van der Waals surface area contributed by atoms with Gasteiger partial charge < -0.3 is 0 Å². The zero-order valence-corrected chi connectivity index (χ0v) is 11.5. The maximum atomic E-state index is 10.8. The Hall–Kier alpha value is -2.24. The third-order valence-corrected chi connectivity index (χ3v) is 3.20. The topological polar surface area (TPSA) is 79.9 Å². The SMILES string of the molecule is C/C(=N/NC1=NCCCCC1)c1cccc([N+](=O)[O-])c1. The maximum absolute atomic E-state index is 10.8. The van der Waals surface area contributed by atoms with Gasteiger partial charge in [0.25, 0.3) is 5.69 Å². The van der Waals surface area contributed by atoms with Gasteiger partial charge in [0.05, 0.1) is 10.6 Å². The number of nitro groups is 1. The average Bonchev–Trinajstić information content (AvgIpc) is 2.73. The van der Waals surface area contributed by atoms with E-state index in [1.807, 2.05) is 13.0 Å². The van der Waals surface area contributed by atoms with Gasteiger partial charge in [-0.05, 0) is 19.8 Å². The van der Waals surface area contributed by atoms with Gasteiger partial charge in [0, 0.05) is 30.7 Å². The van der Waals surface area contributed by atoms with E-state index in [4.69, 9.17) is 0 Å². The first kappa shape index (κ1) is 14.2. The highest BCUT2D eigenvalue weighted by Gasteiger charge is 2.08. The fourth-order valence-corrected chi connectivity index (χ4v) is 2.02. The van der Waals surface area contributed by atoms with Crippen molar-refractivity contribution >= 4 is 17.2 Å². The number of amidine groups is 1. The molecule has 1 aromatic rings. The number of hydrazone groups is 1. The molecule has 0 saturated carbocycles. The second-order valence-electron chi connectivity index (χ2n) is 4.76. The Balaban J connectivity index is 2.08. The molecular formula is C14H18N4O2. The molecule has 0 aliphatic carbocycles. The first-order valence-corrected chi connectivity index (χ1v) is 6.75. The van der Waals surface area contributed by atoms with Gasteiger partial charge in [-0.15, -0.1) is 0 Å². The van der Waals surface area contributed by atoms with Crippen molar-refractivity contribution in [2.24, 2.45) is 10.1 Å². The Morgan fingerprint density at radius 2 is 2.25 bits per heavy atom. The highest BCUT2D eigenvalue weighted by atomic mass is 16.6. The van der Waals surface area contributed by atoms with Crippen LogP contribution in [0.2, 0.25) is 0 Å². The second-order valence-corrected chi connectivity index (χ2v) is 4.76. The van der Waals surface area contributed by atoms with Crippen LogP contribution >= 0.6 is 0 Å². The van der Waals surface area contributed by atoms with Gasteiger partial charge in [-0.2, -0.15) is 5.10 Å². The van der Waals surface area contributed by atoms with Crippen molar-refractivity contribution in [2.75, 3.05) is 6.54 Å². The average molecular weight is 274 g/mol. The molecule has 1 aromatic carbocycles. The lowest BCUT2D eigenvalue weighted by Crippen LogP contribution is -2.19. The Morgan fingerprint density at radius 3 is 3.05 bits per heavy atom. The van der Waals surface area contributed by atoms with Gasteiger partial charge in [-0.1, -0.05) is 18.6 Å². The molecule has 0 spiro atoms. The molecule has 0 fully saturated rings. The molecular weight excluding hydrogens is 256 g/mol. The van der Waals surface area contributed by atoms with Crippen LogP contribution in [0, 0.1) is 10.1 Å². The Kier molecular flexibility index (Phi) is 4.81. The summed E-state index contributed by atoms with van der Waals surface area (Å²) >= 11 is 0. The highest BCUT2D eigenvalue weighted by molar-refractivity contribution is 5.99. The van der Waals surface area contributed by atoms with Crippen LogP contribution in [0.4, 0.5) is 5.69 Å². The largest absolute Gasteiger partial charge is 0.271 e. The summed E-state index contributed by atoms with van der Waals surface area (Å²) < 4.78 is 0. The van der Waals surface area contributed by atoms with Crippen LogP contribution in [0.3, 0.4) is 0 Å². The molecule has 0 saturated heterocycles. The number of hydrogen-bond acceptors (Lipinski definition) is 5. The quantitative estimate of drug-likeness (QED) is 0.523. The van der Waals surface area contributed by atoms with E-state index in [2.05, 4.69) is 15.5 Å². The summed E-state index contributed by atoms with van der Waals surface area (Å²) in [5, 5.41) is 15.0. The number of nitro benzene ring substituents is 1. The smallest absolute Gasteiger partial charge is 0.270 e. The summed E-state index contributed by atoms with van der Waals surface area (Å²) in [5.41, 5.74) is 4.50. The minimum Gasteiger partial charge on any atom is -0.271 e. The Labute approximate surface area is 117 Å². The van der Waals surface area contributed by atoms with Gasteiger partial charge in [-0.3, -0.25) is 20.5 Å². The summed E-state index contributed by atoms with van der Waals surface area (Å²) in [5.74, 6) is 0.896. The van der Waals surface area contributed by atoms with Crippen molar-refractivity contribution in [1.82, 2.24) is 5.43 Å². The fourth-order valence-electron chi connectivity index (χ4n) is 2.02. The van der Waals surface area contributed by atoms with Crippen LogP contribution in [0.5, 0.6) is 0 Å². The number of nitrogens with one attached hydrogen (secondary N) is 1. The number of nitrogens with zero attached hydrogens (tertiary/aromatic N) is 3. The van der Waals surface area contributed by atoms with Crippen LogP contribution in [-0.2, 0) is 0 Å². The van der Waals surface area contributed by atoms with Gasteiger partial charge in [0.1, 0.15) is 5.84 Å². The van der Waals surface area contributed by atoms with Crippen molar-refractivity contribution in [2.45, 2.75) is 32.6 Å². The third-order valence-electron chi connectivity index (χ3n) is 3.20. The molecule has 106 valence electrons. The van der Waals surface area contributed by atoms with E-state index < -0.39 is 4.92 Å². The molecule has 1 heterocycles. The molecule has 1 N–H and O–H groups in total. The van der Waals surface area contributed by atoms with Crippen molar-refractivity contribution in [3.05, 3.63) is 39.9 Å². The van der Waals surface area contributed by atoms with Crippen LogP contribution < -0.4 is 5.43 Å². The summed E-state index contributed by atoms with van der Waals surface area (Å²) in [6, 6.07) is 6.47. The fraction of sp³-hybridized carbons (Fsp3) is 0.429. The highest BCUT2D eigenvalue weighted by Crippen LogP contribution is 2.13. The summed E-state index contributed by atoms with van der Waals surface area (Å²) in [7, 11) is 0. The van der Waals surface area contributed by atoms with Crippen molar-refractivity contribution < 1.29 is 4.92 Å². The number of non-ortho nitro benzene ring substituents is 1. The Bertz CT molecular complexity index is 552. The summed E-state index contributed by atoms with van der Waals surface area (Å²) in [6.45, 7) is 2.66. The first-order chi connectivity index (χ1) is 9.66.